The molecule has 1 aliphatic carbocycles. The van der Waals surface area contributed by atoms with E-state index in [2.05, 4.69) is 5.32 Å². The molecule has 3 amide bonds. The normalized spacial score (nSPS) is 17.7. The number of hydrogen-bond acceptors (Lipinski definition) is 5. The first kappa shape index (κ1) is 24.9. The van der Waals surface area contributed by atoms with Gasteiger partial charge in [-0.15, -0.1) is 0 Å². The molecule has 1 aliphatic heterocycles. The molecule has 0 unspecified atom stereocenters. The van der Waals surface area contributed by atoms with Crippen molar-refractivity contribution in [2.45, 2.75) is 62.4 Å². The average Bonchev–Trinajstić information content (AvgIpc) is 3.43. The summed E-state index contributed by atoms with van der Waals surface area (Å²) in [4.78, 5) is 40.9. The van der Waals surface area contributed by atoms with Crippen LogP contribution >= 0.6 is 0 Å². The summed E-state index contributed by atoms with van der Waals surface area (Å²) < 4.78 is 26.6. The van der Waals surface area contributed by atoms with Gasteiger partial charge in [-0.2, -0.15) is 0 Å². The smallest absolute Gasteiger partial charge is 0.269 e. The van der Waals surface area contributed by atoms with Gasteiger partial charge < -0.3 is 10.2 Å². The summed E-state index contributed by atoms with van der Waals surface area (Å²) in [5.74, 6) is -1.53. The highest BCUT2D eigenvalue weighted by Gasteiger charge is 2.43. The molecule has 0 bridgehead atoms. The van der Waals surface area contributed by atoms with Crippen LogP contribution in [0.5, 0.6) is 0 Å². The Kier molecular flexibility index (Phi) is 7.54. The standard InChI is InChI=1S/C26H31N3O5S/c1-2-22(25(31)27-20-12-6-7-13-20)28(17-16-19-10-4-3-5-11-19)24(30)18-29-26(32)21-14-8-9-15-23(21)35(29,33)34/h3-5,8-11,14-15,20,22H,2,6-7,12-13,16-18H2,1H3,(H,27,31)/t22-/m1/s1. The zero-order valence-corrected chi connectivity index (χ0v) is 20.7. The van der Waals surface area contributed by atoms with E-state index in [4.69, 9.17) is 0 Å². The summed E-state index contributed by atoms with van der Waals surface area (Å²) in [5.41, 5.74) is 1.05. The summed E-state index contributed by atoms with van der Waals surface area (Å²) in [6, 6.07) is 14.9. The first-order valence-electron chi connectivity index (χ1n) is 12.1. The van der Waals surface area contributed by atoms with Gasteiger partial charge in [-0.3, -0.25) is 14.4 Å². The van der Waals surface area contributed by atoms with Crippen molar-refractivity contribution in [2.24, 2.45) is 0 Å². The minimum atomic E-state index is -4.13. The van der Waals surface area contributed by atoms with Crippen molar-refractivity contribution in [3.05, 3.63) is 65.7 Å². The Morgan fingerprint density at radius 3 is 2.37 bits per heavy atom. The van der Waals surface area contributed by atoms with Gasteiger partial charge in [0.15, 0.2) is 0 Å². The van der Waals surface area contributed by atoms with Crippen molar-refractivity contribution in [1.82, 2.24) is 14.5 Å². The molecule has 0 aromatic heterocycles. The summed E-state index contributed by atoms with van der Waals surface area (Å²) in [6.07, 6.45) is 4.83. The SMILES string of the molecule is CC[C@H](C(=O)NC1CCCC1)N(CCc1ccccc1)C(=O)CN1C(=O)c2ccccc2S1(=O)=O. The number of hydrogen-bond donors (Lipinski definition) is 1. The summed E-state index contributed by atoms with van der Waals surface area (Å²) >= 11 is 0. The van der Waals surface area contributed by atoms with Crippen LogP contribution < -0.4 is 5.32 Å². The number of amides is 3. The first-order chi connectivity index (χ1) is 16.8. The van der Waals surface area contributed by atoms with Gasteiger partial charge in [0, 0.05) is 12.6 Å². The lowest BCUT2D eigenvalue weighted by molar-refractivity contribution is -0.140. The van der Waals surface area contributed by atoms with Crippen LogP contribution in [0.15, 0.2) is 59.5 Å². The van der Waals surface area contributed by atoms with Gasteiger partial charge in [0.05, 0.1) is 5.56 Å². The second-order valence-corrected chi connectivity index (χ2v) is 10.9. The monoisotopic (exact) mass is 497 g/mol. The van der Waals surface area contributed by atoms with Gasteiger partial charge in [0.25, 0.3) is 15.9 Å². The van der Waals surface area contributed by atoms with E-state index in [9.17, 15) is 22.8 Å². The van der Waals surface area contributed by atoms with Crippen molar-refractivity contribution in [1.29, 1.82) is 0 Å². The topological polar surface area (TPSA) is 104 Å². The second kappa shape index (κ2) is 10.6. The fourth-order valence-electron chi connectivity index (χ4n) is 4.86. The highest BCUT2D eigenvalue weighted by molar-refractivity contribution is 7.90. The molecule has 2 aromatic rings. The van der Waals surface area contributed by atoms with E-state index in [1.807, 2.05) is 37.3 Å². The van der Waals surface area contributed by atoms with E-state index in [1.54, 1.807) is 12.1 Å². The maximum Gasteiger partial charge on any atom is 0.269 e. The number of rotatable bonds is 9. The molecular formula is C26H31N3O5S. The van der Waals surface area contributed by atoms with Crippen molar-refractivity contribution >= 4 is 27.7 Å². The molecule has 1 fully saturated rings. The third-order valence-electron chi connectivity index (χ3n) is 6.76. The molecular weight excluding hydrogens is 466 g/mol. The van der Waals surface area contributed by atoms with E-state index in [0.717, 1.165) is 31.2 Å². The predicted molar refractivity (Wildman–Crippen MR) is 131 cm³/mol. The molecule has 2 aliphatic rings. The van der Waals surface area contributed by atoms with E-state index >= 15 is 0 Å². The van der Waals surface area contributed by atoms with Gasteiger partial charge >= 0.3 is 0 Å². The molecule has 186 valence electrons. The van der Waals surface area contributed by atoms with Crippen LogP contribution in [-0.2, 0) is 26.0 Å². The molecule has 0 saturated heterocycles. The predicted octanol–water partition coefficient (Wildman–Crippen LogP) is 2.74. The lowest BCUT2D eigenvalue weighted by atomic mass is 10.1. The molecule has 1 heterocycles. The van der Waals surface area contributed by atoms with Crippen LogP contribution in [0.4, 0.5) is 0 Å². The van der Waals surface area contributed by atoms with Gasteiger partial charge in [-0.25, -0.2) is 12.7 Å². The number of carbonyl (C=O) groups is 3. The molecule has 4 rings (SSSR count). The van der Waals surface area contributed by atoms with Gasteiger partial charge in [-0.05, 0) is 43.4 Å². The molecule has 8 nitrogen and oxygen atoms in total. The zero-order chi connectivity index (χ0) is 25.0. The van der Waals surface area contributed by atoms with Crippen molar-refractivity contribution in [3.63, 3.8) is 0 Å². The Morgan fingerprint density at radius 1 is 1.06 bits per heavy atom. The molecule has 0 radical (unpaired) electrons. The highest BCUT2D eigenvalue weighted by atomic mass is 32.2. The van der Waals surface area contributed by atoms with E-state index < -0.39 is 34.4 Å². The van der Waals surface area contributed by atoms with E-state index in [0.29, 0.717) is 17.1 Å². The fraction of sp³-hybridized carbons (Fsp3) is 0.423. The van der Waals surface area contributed by atoms with Crippen molar-refractivity contribution in [2.75, 3.05) is 13.1 Å². The minimum absolute atomic E-state index is 0.0575. The van der Waals surface area contributed by atoms with Crippen LogP contribution in [-0.4, -0.2) is 60.5 Å². The maximum atomic E-state index is 13.5. The Morgan fingerprint density at radius 2 is 1.71 bits per heavy atom. The van der Waals surface area contributed by atoms with Gasteiger partial charge in [-0.1, -0.05) is 62.2 Å². The van der Waals surface area contributed by atoms with Gasteiger partial charge in [0.1, 0.15) is 17.5 Å². The Hall–Kier alpha value is -3.20. The number of sulfonamides is 1. The quantitative estimate of drug-likeness (QED) is 0.574. The largest absolute Gasteiger partial charge is 0.352 e. The van der Waals surface area contributed by atoms with Gasteiger partial charge in [0.2, 0.25) is 11.8 Å². The lowest BCUT2D eigenvalue weighted by Crippen LogP contribution is -2.54. The third kappa shape index (κ3) is 5.24. The number of nitrogens with one attached hydrogen (secondary N) is 1. The molecule has 0 spiro atoms. The summed E-state index contributed by atoms with van der Waals surface area (Å²) in [7, 11) is -4.13. The Bertz CT molecular complexity index is 1190. The third-order valence-corrected chi connectivity index (χ3v) is 8.55. The van der Waals surface area contributed by atoms with Crippen molar-refractivity contribution < 1.29 is 22.8 Å². The van der Waals surface area contributed by atoms with Crippen LogP contribution in [0, 0.1) is 0 Å². The van der Waals surface area contributed by atoms with E-state index in [1.165, 1.54) is 17.0 Å². The van der Waals surface area contributed by atoms with Crippen LogP contribution in [0.2, 0.25) is 0 Å². The van der Waals surface area contributed by atoms with Crippen LogP contribution in [0.1, 0.15) is 54.9 Å². The molecule has 2 aromatic carbocycles. The lowest BCUT2D eigenvalue weighted by Gasteiger charge is -2.32. The molecule has 1 N–H and O–H groups in total. The molecule has 35 heavy (non-hydrogen) atoms. The maximum absolute atomic E-state index is 13.5. The zero-order valence-electron chi connectivity index (χ0n) is 19.9. The highest BCUT2D eigenvalue weighted by Crippen LogP contribution is 2.30. The Labute approximate surface area is 206 Å². The summed E-state index contributed by atoms with van der Waals surface area (Å²) in [6.45, 7) is 1.42. The molecule has 1 saturated carbocycles. The fourth-order valence-corrected chi connectivity index (χ4v) is 6.38. The van der Waals surface area contributed by atoms with Crippen LogP contribution in [0.25, 0.3) is 0 Å². The number of fused-ring (bicyclic) bond motifs is 1. The summed E-state index contributed by atoms with van der Waals surface area (Å²) in [5, 5.41) is 3.06. The number of benzene rings is 2. The molecule has 9 heteroatoms. The first-order valence-corrected chi connectivity index (χ1v) is 13.6. The number of nitrogens with zero attached hydrogens (tertiary/aromatic N) is 2. The van der Waals surface area contributed by atoms with E-state index in [-0.39, 0.29) is 29.0 Å². The van der Waals surface area contributed by atoms with Crippen molar-refractivity contribution in [3.8, 4) is 0 Å². The Balaban J connectivity index is 1.56. The minimum Gasteiger partial charge on any atom is -0.352 e. The van der Waals surface area contributed by atoms with Crippen LogP contribution in [0.3, 0.4) is 0 Å². The number of carbonyl (C=O) groups excluding carboxylic acids is 3. The molecule has 1 atom stereocenters. The second-order valence-electron chi connectivity index (χ2n) is 9.05. The average molecular weight is 498 g/mol.